The summed E-state index contributed by atoms with van der Waals surface area (Å²) < 4.78 is 40.7. The van der Waals surface area contributed by atoms with Crippen LogP contribution in [-0.4, -0.2) is 74.2 Å². The number of nitrogens with two attached hydrogens (primary N) is 1. The van der Waals surface area contributed by atoms with Crippen molar-refractivity contribution in [3.05, 3.63) is 59.2 Å². The average Bonchev–Trinajstić information content (AvgIpc) is 3.75. The van der Waals surface area contributed by atoms with Gasteiger partial charge in [0, 0.05) is 39.6 Å². The van der Waals surface area contributed by atoms with Gasteiger partial charge in [-0.2, -0.15) is 13.2 Å². The zero-order valence-corrected chi connectivity index (χ0v) is 24.0. The normalized spacial score (nSPS) is 19.7. The second-order valence-electron chi connectivity index (χ2n) is 11.5. The molecule has 1 aromatic heterocycles. The monoisotopic (exact) mass is 599 g/mol. The molecule has 230 valence electrons. The summed E-state index contributed by atoms with van der Waals surface area (Å²) in [5.41, 5.74) is 8.58. The number of nitrogens with zero attached hydrogens (tertiary/aromatic N) is 5. The minimum atomic E-state index is -4.43. The molecule has 0 bridgehead atoms. The molecular formula is C30H36F3N7O3. The van der Waals surface area contributed by atoms with Crippen molar-refractivity contribution in [2.24, 2.45) is 18.7 Å². The molecule has 2 fully saturated rings. The third kappa shape index (κ3) is 7.15. The minimum Gasteiger partial charge on any atom is -0.350 e. The van der Waals surface area contributed by atoms with Gasteiger partial charge in [0.15, 0.2) is 0 Å². The number of alkyl halides is 3. The number of likely N-dealkylation sites (tertiary alicyclic amines) is 2. The molecule has 10 nitrogen and oxygen atoms in total. The van der Waals surface area contributed by atoms with Crippen LogP contribution in [0.4, 0.5) is 13.2 Å². The minimum absolute atomic E-state index is 0.0308. The predicted octanol–water partition coefficient (Wildman–Crippen LogP) is 2.79. The van der Waals surface area contributed by atoms with Crippen molar-refractivity contribution in [3.63, 3.8) is 0 Å². The number of hydrogen-bond donors (Lipinski definition) is 2. The van der Waals surface area contributed by atoms with Gasteiger partial charge in [0.1, 0.15) is 11.6 Å². The van der Waals surface area contributed by atoms with Crippen molar-refractivity contribution in [3.8, 4) is 0 Å². The van der Waals surface area contributed by atoms with E-state index in [0.717, 1.165) is 36.1 Å². The van der Waals surface area contributed by atoms with E-state index < -0.39 is 29.7 Å². The van der Waals surface area contributed by atoms with Crippen LogP contribution in [-0.2, 0) is 40.6 Å². The van der Waals surface area contributed by atoms with E-state index in [1.807, 2.05) is 18.2 Å². The Hall–Kier alpha value is -4.00. The Labute approximate surface area is 247 Å². The average molecular weight is 600 g/mol. The lowest BCUT2D eigenvalue weighted by Crippen LogP contribution is -2.51. The van der Waals surface area contributed by atoms with Crippen LogP contribution in [0.15, 0.2) is 42.5 Å². The quantitative estimate of drug-likeness (QED) is 0.390. The number of amides is 3. The van der Waals surface area contributed by atoms with E-state index in [2.05, 4.69) is 15.6 Å². The van der Waals surface area contributed by atoms with Crippen LogP contribution in [0.25, 0.3) is 11.0 Å². The van der Waals surface area contributed by atoms with Crippen molar-refractivity contribution in [2.75, 3.05) is 19.6 Å². The van der Waals surface area contributed by atoms with Crippen LogP contribution in [0.2, 0.25) is 0 Å². The Bertz CT molecular complexity index is 1470. The zero-order valence-electron chi connectivity index (χ0n) is 24.0. The van der Waals surface area contributed by atoms with Crippen LogP contribution < -0.4 is 11.1 Å². The largest absolute Gasteiger partial charge is 0.416 e. The van der Waals surface area contributed by atoms with Crippen molar-refractivity contribution in [2.45, 2.75) is 63.3 Å². The van der Waals surface area contributed by atoms with E-state index in [0.29, 0.717) is 37.0 Å². The molecule has 2 saturated heterocycles. The molecule has 3 atom stereocenters. The highest BCUT2D eigenvalue weighted by atomic mass is 19.4. The lowest BCUT2D eigenvalue weighted by atomic mass is 9.96. The second kappa shape index (κ2) is 12.7. The van der Waals surface area contributed by atoms with Crippen molar-refractivity contribution in [1.29, 1.82) is 0 Å². The Morgan fingerprint density at radius 3 is 2.47 bits per heavy atom. The fraction of sp³-hybridized carbons (Fsp3) is 0.500. The van der Waals surface area contributed by atoms with E-state index in [1.54, 1.807) is 16.6 Å². The molecule has 3 heterocycles. The Balaban J connectivity index is 1.26. The smallest absolute Gasteiger partial charge is 0.350 e. The standard InChI is InChI=1S/C30H36F3N7O3/c1-38-25-10-6-20(15-24(25)36-37-38)17-35-28(42)26-16-21(14-19-4-7-22(8-5-19)30(31,32)33)18-40(26)29(43)23(34)9-11-27(41)39-12-2-3-13-39/h4-8,10,15,21,23,26H,2-3,9,11-14,16-18,34H2,1H3,(H,35,42). The highest BCUT2D eigenvalue weighted by Gasteiger charge is 2.41. The maximum atomic E-state index is 13.5. The van der Waals surface area contributed by atoms with Gasteiger partial charge in [0.25, 0.3) is 0 Å². The number of carbonyl (C=O) groups excluding carboxylic acids is 3. The molecule has 3 amide bonds. The number of rotatable bonds is 9. The van der Waals surface area contributed by atoms with Gasteiger partial charge in [-0.15, -0.1) is 5.10 Å². The van der Waals surface area contributed by atoms with Crippen LogP contribution in [0.1, 0.15) is 48.8 Å². The SMILES string of the molecule is Cn1nnc2cc(CNC(=O)C3CC(Cc4ccc(C(F)(F)F)cc4)CN3C(=O)C(N)CCC(=O)N3CCCC3)ccc21. The summed E-state index contributed by atoms with van der Waals surface area (Å²) in [6.07, 6.45) is -1.44. The molecule has 2 aromatic carbocycles. The summed E-state index contributed by atoms with van der Waals surface area (Å²) in [6.45, 7) is 1.87. The lowest BCUT2D eigenvalue weighted by Gasteiger charge is -2.27. The molecule has 3 unspecified atom stereocenters. The number of fused-ring (bicyclic) bond motifs is 1. The third-order valence-corrected chi connectivity index (χ3v) is 8.37. The van der Waals surface area contributed by atoms with E-state index in [4.69, 9.17) is 5.73 Å². The summed E-state index contributed by atoms with van der Waals surface area (Å²) in [7, 11) is 1.79. The van der Waals surface area contributed by atoms with Crippen LogP contribution in [0.3, 0.4) is 0 Å². The molecule has 13 heteroatoms. The third-order valence-electron chi connectivity index (χ3n) is 8.37. The van der Waals surface area contributed by atoms with E-state index >= 15 is 0 Å². The first-order valence-electron chi connectivity index (χ1n) is 14.6. The molecule has 0 saturated carbocycles. The molecule has 2 aliphatic rings. The first-order chi connectivity index (χ1) is 20.5. The predicted molar refractivity (Wildman–Crippen MR) is 152 cm³/mol. The molecule has 0 aliphatic carbocycles. The van der Waals surface area contributed by atoms with Crippen LogP contribution >= 0.6 is 0 Å². The van der Waals surface area contributed by atoms with Gasteiger partial charge in [0.05, 0.1) is 17.1 Å². The second-order valence-corrected chi connectivity index (χ2v) is 11.5. The lowest BCUT2D eigenvalue weighted by molar-refractivity contribution is -0.140. The number of aryl methyl sites for hydroxylation is 1. The van der Waals surface area contributed by atoms with Gasteiger partial charge in [-0.25, -0.2) is 4.68 Å². The number of aromatic nitrogens is 3. The van der Waals surface area contributed by atoms with E-state index in [1.165, 1.54) is 17.0 Å². The van der Waals surface area contributed by atoms with Crippen molar-refractivity contribution >= 4 is 28.8 Å². The fourth-order valence-corrected chi connectivity index (χ4v) is 5.97. The molecule has 43 heavy (non-hydrogen) atoms. The molecule has 5 rings (SSSR count). The summed E-state index contributed by atoms with van der Waals surface area (Å²) in [6, 6.07) is 8.76. The molecule has 3 N–H and O–H groups in total. The summed E-state index contributed by atoms with van der Waals surface area (Å²) in [4.78, 5) is 42.7. The first kappa shape index (κ1) is 30.5. The number of carbonyl (C=O) groups is 3. The highest BCUT2D eigenvalue weighted by Crippen LogP contribution is 2.31. The number of halogens is 3. The summed E-state index contributed by atoms with van der Waals surface area (Å²) >= 11 is 0. The summed E-state index contributed by atoms with van der Waals surface area (Å²) in [5.74, 6) is -0.948. The van der Waals surface area contributed by atoms with Gasteiger partial charge < -0.3 is 20.9 Å². The number of hydrogen-bond acceptors (Lipinski definition) is 6. The van der Waals surface area contributed by atoms with Crippen molar-refractivity contribution < 1.29 is 27.6 Å². The maximum absolute atomic E-state index is 13.5. The van der Waals surface area contributed by atoms with Crippen LogP contribution in [0.5, 0.6) is 0 Å². The molecule has 2 aliphatic heterocycles. The van der Waals surface area contributed by atoms with Gasteiger partial charge in [-0.1, -0.05) is 23.4 Å². The number of benzene rings is 2. The topological polar surface area (TPSA) is 126 Å². The van der Waals surface area contributed by atoms with Gasteiger partial charge in [0.2, 0.25) is 17.7 Å². The highest BCUT2D eigenvalue weighted by molar-refractivity contribution is 5.91. The summed E-state index contributed by atoms with van der Waals surface area (Å²) in [5, 5.41) is 11.0. The fourth-order valence-electron chi connectivity index (χ4n) is 5.97. The maximum Gasteiger partial charge on any atom is 0.416 e. The Morgan fingerprint density at radius 1 is 1.07 bits per heavy atom. The van der Waals surface area contributed by atoms with Gasteiger partial charge >= 0.3 is 6.18 Å². The van der Waals surface area contributed by atoms with E-state index in [-0.39, 0.29) is 43.7 Å². The van der Waals surface area contributed by atoms with E-state index in [9.17, 15) is 27.6 Å². The van der Waals surface area contributed by atoms with Crippen molar-refractivity contribution in [1.82, 2.24) is 30.1 Å². The van der Waals surface area contributed by atoms with Crippen LogP contribution in [0, 0.1) is 5.92 Å². The molecule has 0 radical (unpaired) electrons. The van der Waals surface area contributed by atoms with Gasteiger partial charge in [-0.3, -0.25) is 14.4 Å². The van der Waals surface area contributed by atoms with Gasteiger partial charge in [-0.05, 0) is 73.4 Å². The molecule has 0 spiro atoms. The Kier molecular flexibility index (Phi) is 9.00. The molecular weight excluding hydrogens is 563 g/mol. The first-order valence-corrected chi connectivity index (χ1v) is 14.6. The zero-order chi connectivity index (χ0) is 30.7. The number of nitrogens with one attached hydrogen (secondary N) is 1. The Morgan fingerprint density at radius 2 is 1.77 bits per heavy atom. The molecule has 3 aromatic rings.